The highest BCUT2D eigenvalue weighted by atomic mass is 16.6. The Morgan fingerprint density at radius 3 is 2.40 bits per heavy atom. The second-order valence-corrected chi connectivity index (χ2v) is 10.0. The summed E-state index contributed by atoms with van der Waals surface area (Å²) in [5.41, 5.74) is 8.59. The maximum absolute atomic E-state index is 12.4. The molecule has 2 aromatic carbocycles. The number of carbonyl (C=O) groups excluding carboxylic acids is 1. The highest BCUT2D eigenvalue weighted by molar-refractivity contribution is 5.74. The summed E-state index contributed by atoms with van der Waals surface area (Å²) in [6.07, 6.45) is 1.20. The van der Waals surface area contributed by atoms with Gasteiger partial charge < -0.3 is 25.8 Å². The largest absolute Gasteiger partial charge is 0.507 e. The third kappa shape index (κ3) is 5.65. The summed E-state index contributed by atoms with van der Waals surface area (Å²) in [6.45, 7) is 7.49. The number of amides is 1. The van der Waals surface area contributed by atoms with E-state index < -0.39 is 11.7 Å². The molecule has 0 aliphatic carbocycles. The van der Waals surface area contributed by atoms with Crippen molar-refractivity contribution in [1.29, 1.82) is 0 Å². The number of carbonyl (C=O) groups is 1. The quantitative estimate of drug-likeness (QED) is 0.498. The van der Waals surface area contributed by atoms with Crippen LogP contribution in [0.15, 0.2) is 60.7 Å². The summed E-state index contributed by atoms with van der Waals surface area (Å²) in [6, 6.07) is 19.2. The summed E-state index contributed by atoms with van der Waals surface area (Å²) >= 11 is 0. The van der Waals surface area contributed by atoms with Crippen LogP contribution in [0, 0.1) is 0 Å². The molecular formula is C27H33N5O3. The normalized spacial score (nSPS) is 15.5. The maximum Gasteiger partial charge on any atom is 0.407 e. The van der Waals surface area contributed by atoms with Gasteiger partial charge in [-0.2, -0.15) is 0 Å². The zero-order valence-corrected chi connectivity index (χ0v) is 20.5. The number of hydrogen-bond acceptors (Lipinski definition) is 7. The molecule has 35 heavy (non-hydrogen) atoms. The number of aromatic hydroxyl groups is 1. The van der Waals surface area contributed by atoms with E-state index in [0.717, 1.165) is 31.6 Å². The number of hydrogen-bond donors (Lipinski definition) is 3. The van der Waals surface area contributed by atoms with Crippen molar-refractivity contribution in [1.82, 2.24) is 15.5 Å². The number of anilines is 2. The second kappa shape index (κ2) is 9.82. The van der Waals surface area contributed by atoms with Crippen molar-refractivity contribution < 1.29 is 14.6 Å². The Morgan fingerprint density at radius 1 is 1.09 bits per heavy atom. The van der Waals surface area contributed by atoms with Crippen molar-refractivity contribution in [2.45, 2.75) is 44.6 Å². The van der Waals surface area contributed by atoms with Crippen molar-refractivity contribution >= 4 is 17.6 Å². The highest BCUT2D eigenvalue weighted by Gasteiger charge is 2.37. The van der Waals surface area contributed by atoms with Crippen LogP contribution in [0.25, 0.3) is 11.3 Å². The molecule has 8 nitrogen and oxygen atoms in total. The lowest BCUT2D eigenvalue weighted by molar-refractivity contribution is 0.0510. The molecule has 1 saturated heterocycles. The van der Waals surface area contributed by atoms with Gasteiger partial charge in [-0.25, -0.2) is 4.79 Å². The molecule has 1 aliphatic heterocycles. The molecule has 0 spiro atoms. The number of aromatic nitrogens is 2. The number of phenolic OH excluding ortho intramolecular Hbond substituents is 1. The number of alkyl carbamates (subject to hydrolysis) is 1. The van der Waals surface area contributed by atoms with Crippen LogP contribution in [0.4, 0.5) is 16.3 Å². The van der Waals surface area contributed by atoms with Gasteiger partial charge in [-0.3, -0.25) is 0 Å². The molecular weight excluding hydrogens is 442 g/mol. The molecule has 0 radical (unpaired) electrons. The van der Waals surface area contributed by atoms with E-state index in [9.17, 15) is 9.90 Å². The van der Waals surface area contributed by atoms with Gasteiger partial charge in [0.2, 0.25) is 0 Å². The third-order valence-corrected chi connectivity index (χ3v) is 6.40. The topological polar surface area (TPSA) is 114 Å². The Morgan fingerprint density at radius 2 is 1.74 bits per heavy atom. The number of rotatable bonds is 5. The number of para-hydroxylation sites is 1. The Bertz CT molecular complexity index is 1170. The van der Waals surface area contributed by atoms with Crippen LogP contribution in [-0.4, -0.2) is 46.6 Å². The van der Waals surface area contributed by atoms with Crippen LogP contribution >= 0.6 is 0 Å². The average molecular weight is 476 g/mol. The SMILES string of the molecule is CC(C)(C)OC(=O)NCC1(c2ccccc2)CCN(c2cc(-c3ccccc3O)nnc2N)CC1. The van der Waals surface area contributed by atoms with Crippen LogP contribution in [0.5, 0.6) is 5.75 Å². The molecule has 0 unspecified atom stereocenters. The minimum absolute atomic E-state index is 0.146. The van der Waals surface area contributed by atoms with Crippen LogP contribution in [-0.2, 0) is 10.2 Å². The van der Waals surface area contributed by atoms with Gasteiger partial charge in [-0.05, 0) is 57.4 Å². The van der Waals surface area contributed by atoms with Crippen LogP contribution in [0.2, 0.25) is 0 Å². The summed E-state index contributed by atoms with van der Waals surface area (Å²) in [5.74, 6) is 0.496. The van der Waals surface area contributed by atoms with Crippen molar-refractivity contribution in [2.75, 3.05) is 30.3 Å². The monoisotopic (exact) mass is 475 g/mol. The number of nitrogens with two attached hydrogens (primary N) is 1. The van der Waals surface area contributed by atoms with E-state index in [1.165, 1.54) is 5.56 Å². The Kier molecular flexibility index (Phi) is 6.82. The van der Waals surface area contributed by atoms with Crippen LogP contribution in [0.3, 0.4) is 0 Å². The van der Waals surface area contributed by atoms with Gasteiger partial charge in [0, 0.05) is 30.6 Å². The zero-order valence-electron chi connectivity index (χ0n) is 20.5. The van der Waals surface area contributed by atoms with E-state index in [0.29, 0.717) is 23.6 Å². The Labute approximate surface area is 206 Å². The molecule has 0 bridgehead atoms. The molecule has 184 valence electrons. The number of nitrogens with one attached hydrogen (secondary N) is 1. The fraction of sp³-hybridized carbons (Fsp3) is 0.370. The first kappa shape index (κ1) is 24.3. The molecule has 3 aromatic rings. The number of benzene rings is 2. The number of ether oxygens (including phenoxy) is 1. The Balaban J connectivity index is 1.55. The fourth-order valence-electron chi connectivity index (χ4n) is 4.56. The third-order valence-electron chi connectivity index (χ3n) is 6.40. The van der Waals surface area contributed by atoms with Gasteiger partial charge in [0.25, 0.3) is 0 Å². The van der Waals surface area contributed by atoms with E-state index in [4.69, 9.17) is 10.5 Å². The lowest BCUT2D eigenvalue weighted by Crippen LogP contribution is -2.49. The summed E-state index contributed by atoms with van der Waals surface area (Å²) in [4.78, 5) is 14.6. The summed E-state index contributed by atoms with van der Waals surface area (Å²) in [7, 11) is 0. The van der Waals surface area contributed by atoms with E-state index in [2.05, 4.69) is 32.5 Å². The van der Waals surface area contributed by atoms with Gasteiger partial charge in [0.05, 0.1) is 11.4 Å². The van der Waals surface area contributed by atoms with E-state index >= 15 is 0 Å². The first-order valence-corrected chi connectivity index (χ1v) is 11.9. The van der Waals surface area contributed by atoms with E-state index in [1.807, 2.05) is 51.1 Å². The van der Waals surface area contributed by atoms with Crippen molar-refractivity contribution in [2.24, 2.45) is 0 Å². The second-order valence-electron chi connectivity index (χ2n) is 10.0. The molecule has 2 heterocycles. The van der Waals surface area contributed by atoms with Gasteiger partial charge in [0.1, 0.15) is 11.4 Å². The highest BCUT2D eigenvalue weighted by Crippen LogP contribution is 2.38. The molecule has 8 heteroatoms. The molecule has 1 amide bonds. The zero-order chi connectivity index (χ0) is 25.1. The predicted molar refractivity (Wildman–Crippen MR) is 137 cm³/mol. The van der Waals surface area contributed by atoms with Crippen LogP contribution < -0.4 is 16.0 Å². The van der Waals surface area contributed by atoms with Crippen LogP contribution in [0.1, 0.15) is 39.2 Å². The minimum atomic E-state index is -0.551. The predicted octanol–water partition coefficient (Wildman–Crippen LogP) is 4.49. The average Bonchev–Trinajstić information content (AvgIpc) is 2.83. The summed E-state index contributed by atoms with van der Waals surface area (Å²) < 4.78 is 5.47. The molecule has 1 fully saturated rings. The van der Waals surface area contributed by atoms with Crippen molar-refractivity contribution in [3.8, 4) is 17.0 Å². The lowest BCUT2D eigenvalue weighted by Gasteiger charge is -2.43. The molecule has 1 aromatic heterocycles. The molecule has 4 rings (SSSR count). The number of phenols is 1. The summed E-state index contributed by atoms with van der Waals surface area (Å²) in [5, 5.41) is 21.6. The van der Waals surface area contributed by atoms with Crippen molar-refractivity contribution in [3.05, 3.63) is 66.2 Å². The number of piperidine rings is 1. The van der Waals surface area contributed by atoms with Gasteiger partial charge in [0.15, 0.2) is 5.82 Å². The van der Waals surface area contributed by atoms with Gasteiger partial charge >= 0.3 is 6.09 Å². The lowest BCUT2D eigenvalue weighted by atomic mass is 9.72. The standard InChI is InChI=1S/C27H33N5O3/c1-26(2,3)35-25(34)29-18-27(19-9-5-4-6-10-19)13-15-32(16-14-27)22-17-21(30-31-24(22)28)20-11-7-8-12-23(20)33/h4-12,17,33H,13-16,18H2,1-3H3,(H2,28,31)(H,29,34). The van der Waals surface area contributed by atoms with E-state index in [1.54, 1.807) is 18.2 Å². The smallest absolute Gasteiger partial charge is 0.407 e. The molecule has 1 aliphatic rings. The van der Waals surface area contributed by atoms with Gasteiger partial charge in [-0.1, -0.05) is 42.5 Å². The van der Waals surface area contributed by atoms with Crippen molar-refractivity contribution in [3.63, 3.8) is 0 Å². The molecule has 4 N–H and O–H groups in total. The molecule has 0 atom stereocenters. The van der Waals surface area contributed by atoms with Gasteiger partial charge in [-0.15, -0.1) is 10.2 Å². The minimum Gasteiger partial charge on any atom is -0.507 e. The molecule has 0 saturated carbocycles. The van der Waals surface area contributed by atoms with E-state index in [-0.39, 0.29) is 11.2 Å². The maximum atomic E-state index is 12.4. The first-order valence-electron chi connectivity index (χ1n) is 11.9. The number of nitrogen functional groups attached to an aromatic ring is 1. The Hall–Kier alpha value is -3.81. The first-order chi connectivity index (χ1) is 16.7. The fourth-order valence-corrected chi connectivity index (χ4v) is 4.56. The number of nitrogens with zero attached hydrogens (tertiary/aromatic N) is 3.